The van der Waals surface area contributed by atoms with E-state index in [1.54, 1.807) is 43.6 Å². The van der Waals surface area contributed by atoms with Crippen molar-refractivity contribution < 1.29 is 9.53 Å². The molecule has 4 rings (SSSR count). The summed E-state index contributed by atoms with van der Waals surface area (Å²) in [5.74, 6) is 0.546. The van der Waals surface area contributed by atoms with Crippen LogP contribution >= 0.6 is 0 Å². The number of hydrogen-bond donors (Lipinski definition) is 2. The van der Waals surface area contributed by atoms with E-state index in [9.17, 15) is 9.59 Å². The molecule has 32 heavy (non-hydrogen) atoms. The minimum atomic E-state index is -0.254. The van der Waals surface area contributed by atoms with Crippen molar-refractivity contribution in [3.63, 3.8) is 0 Å². The second kappa shape index (κ2) is 9.20. The van der Waals surface area contributed by atoms with Gasteiger partial charge in [-0.2, -0.15) is 5.26 Å². The summed E-state index contributed by atoms with van der Waals surface area (Å²) >= 11 is 0. The van der Waals surface area contributed by atoms with E-state index >= 15 is 0 Å². The average Bonchev–Trinajstić information content (AvgIpc) is 3.40. The van der Waals surface area contributed by atoms with Crippen molar-refractivity contribution in [2.24, 2.45) is 5.92 Å². The summed E-state index contributed by atoms with van der Waals surface area (Å²) in [7, 11) is 1.68. The Bertz CT molecular complexity index is 1220. The molecule has 164 valence electrons. The number of rotatable bonds is 6. The van der Waals surface area contributed by atoms with Crippen LogP contribution in [0.15, 0.2) is 47.5 Å². The minimum Gasteiger partial charge on any atom is -0.384 e. The predicted molar refractivity (Wildman–Crippen MR) is 120 cm³/mol. The number of nitriles is 1. The molecule has 2 aromatic heterocycles. The monoisotopic (exact) mass is 431 g/mol. The van der Waals surface area contributed by atoms with Crippen LogP contribution in [0.4, 0.5) is 0 Å². The lowest BCUT2D eigenvalue weighted by atomic mass is 10.0. The largest absolute Gasteiger partial charge is 0.384 e. The van der Waals surface area contributed by atoms with E-state index in [2.05, 4.69) is 21.5 Å². The van der Waals surface area contributed by atoms with Gasteiger partial charge >= 0.3 is 0 Å². The van der Waals surface area contributed by atoms with Gasteiger partial charge in [0, 0.05) is 31.5 Å². The van der Waals surface area contributed by atoms with Gasteiger partial charge in [0.1, 0.15) is 0 Å². The Morgan fingerprint density at radius 1 is 1.31 bits per heavy atom. The Kier molecular flexibility index (Phi) is 6.19. The van der Waals surface area contributed by atoms with Gasteiger partial charge < -0.3 is 10.1 Å². The second-order valence-corrected chi connectivity index (χ2v) is 8.10. The molecule has 0 saturated heterocycles. The van der Waals surface area contributed by atoms with E-state index < -0.39 is 0 Å². The number of aryl methyl sites for hydroxylation is 1. The van der Waals surface area contributed by atoms with Gasteiger partial charge in [-0.1, -0.05) is 12.5 Å². The first-order valence-corrected chi connectivity index (χ1v) is 10.6. The number of carbonyl (C=O) groups excluding carboxylic acids is 1. The summed E-state index contributed by atoms with van der Waals surface area (Å²) in [6.45, 7) is 2.50. The molecule has 2 atom stereocenters. The lowest BCUT2D eigenvalue weighted by molar-refractivity contribution is 0.0898. The third kappa shape index (κ3) is 4.20. The summed E-state index contributed by atoms with van der Waals surface area (Å²) in [5.41, 5.74) is 2.81. The average molecular weight is 431 g/mol. The summed E-state index contributed by atoms with van der Waals surface area (Å²) in [4.78, 5) is 29.9. The third-order valence-electron chi connectivity index (χ3n) is 6.01. The number of aromatic amines is 1. The molecule has 1 fully saturated rings. The quantitative estimate of drug-likeness (QED) is 0.623. The van der Waals surface area contributed by atoms with Gasteiger partial charge in [-0.15, -0.1) is 0 Å². The van der Waals surface area contributed by atoms with Crippen LogP contribution in [0.1, 0.15) is 40.7 Å². The SMILES string of the molecule is COC[C@H]1CCC[C@H]1NC(=O)c1ccc(-n2[nH]cc(-c3ccc(C#N)cc3C)c2=O)nc1. The normalized spacial score (nSPS) is 17.8. The van der Waals surface area contributed by atoms with Crippen molar-refractivity contribution in [1.29, 1.82) is 5.26 Å². The number of nitrogens with zero attached hydrogens (tertiary/aromatic N) is 3. The third-order valence-corrected chi connectivity index (χ3v) is 6.01. The van der Waals surface area contributed by atoms with Gasteiger partial charge in [0.05, 0.1) is 29.4 Å². The van der Waals surface area contributed by atoms with Crippen LogP contribution in [0.2, 0.25) is 0 Å². The molecule has 3 aromatic rings. The maximum atomic E-state index is 13.0. The Hall–Kier alpha value is -3.70. The number of benzene rings is 1. The van der Waals surface area contributed by atoms with Crippen molar-refractivity contribution in [2.45, 2.75) is 32.2 Å². The molecule has 1 aromatic carbocycles. The second-order valence-electron chi connectivity index (χ2n) is 8.10. The molecule has 0 radical (unpaired) electrons. The predicted octanol–water partition coefficient (Wildman–Crippen LogP) is 2.95. The summed E-state index contributed by atoms with van der Waals surface area (Å²) in [6.07, 6.45) is 6.17. The zero-order valence-electron chi connectivity index (χ0n) is 18.1. The Morgan fingerprint density at radius 2 is 2.16 bits per heavy atom. The van der Waals surface area contributed by atoms with Crippen LogP contribution in [0.25, 0.3) is 16.9 Å². The molecule has 8 nitrogen and oxygen atoms in total. The number of ether oxygens (including phenoxy) is 1. The summed E-state index contributed by atoms with van der Waals surface area (Å²) < 4.78 is 6.59. The first kappa shape index (κ1) is 21.5. The molecule has 0 spiro atoms. The molecule has 2 heterocycles. The zero-order chi connectivity index (χ0) is 22.7. The van der Waals surface area contributed by atoms with Crippen LogP contribution in [0.5, 0.6) is 0 Å². The van der Waals surface area contributed by atoms with E-state index in [1.165, 1.54) is 10.9 Å². The Labute approximate surface area is 185 Å². The lowest BCUT2D eigenvalue weighted by Crippen LogP contribution is -2.38. The molecular formula is C24H25N5O3. The lowest BCUT2D eigenvalue weighted by Gasteiger charge is -2.20. The zero-order valence-corrected chi connectivity index (χ0v) is 18.1. The first-order valence-electron chi connectivity index (χ1n) is 10.6. The van der Waals surface area contributed by atoms with E-state index in [0.29, 0.717) is 35.0 Å². The van der Waals surface area contributed by atoms with Crippen molar-refractivity contribution in [3.8, 4) is 23.0 Å². The molecule has 8 heteroatoms. The topological polar surface area (TPSA) is 113 Å². The van der Waals surface area contributed by atoms with Gasteiger partial charge in [-0.25, -0.2) is 9.67 Å². The van der Waals surface area contributed by atoms with E-state index in [0.717, 1.165) is 30.4 Å². The van der Waals surface area contributed by atoms with Gasteiger partial charge in [-0.05, 0) is 55.2 Å². The molecule has 1 aliphatic carbocycles. The van der Waals surface area contributed by atoms with Gasteiger partial charge in [0.2, 0.25) is 0 Å². The molecule has 0 aliphatic heterocycles. The highest BCUT2D eigenvalue weighted by Gasteiger charge is 2.28. The smallest absolute Gasteiger partial charge is 0.280 e. The number of methoxy groups -OCH3 is 1. The van der Waals surface area contributed by atoms with Crippen molar-refractivity contribution >= 4 is 5.91 Å². The number of pyridine rings is 1. The molecule has 1 aliphatic rings. The number of amides is 1. The minimum absolute atomic E-state index is 0.103. The fourth-order valence-corrected chi connectivity index (χ4v) is 4.31. The van der Waals surface area contributed by atoms with Gasteiger partial charge in [-0.3, -0.25) is 14.7 Å². The fraction of sp³-hybridized carbons (Fsp3) is 0.333. The fourth-order valence-electron chi connectivity index (χ4n) is 4.31. The highest BCUT2D eigenvalue weighted by Crippen LogP contribution is 2.26. The summed E-state index contributed by atoms with van der Waals surface area (Å²) in [6, 6.07) is 10.7. The Balaban J connectivity index is 1.52. The highest BCUT2D eigenvalue weighted by atomic mass is 16.5. The number of aromatic nitrogens is 3. The van der Waals surface area contributed by atoms with Crippen LogP contribution in [-0.4, -0.2) is 40.4 Å². The standard InChI is InChI=1S/C24H25N5O3/c1-15-10-16(11-25)6-8-19(15)20-13-27-29(24(20)31)22-9-7-17(12-26-22)23(30)28-21-5-3-4-18(21)14-32-2/h6-10,12-13,18,21,27H,3-5,14H2,1-2H3,(H,28,30)/t18-,21-/m1/s1. The van der Waals surface area contributed by atoms with Gasteiger partial charge in [0.25, 0.3) is 11.5 Å². The number of nitrogens with one attached hydrogen (secondary N) is 2. The molecular weight excluding hydrogens is 406 g/mol. The maximum absolute atomic E-state index is 13.0. The molecule has 0 unspecified atom stereocenters. The summed E-state index contributed by atoms with van der Waals surface area (Å²) in [5, 5.41) is 15.1. The number of hydrogen-bond acceptors (Lipinski definition) is 5. The van der Waals surface area contributed by atoms with Gasteiger partial charge in [0.15, 0.2) is 5.82 Å². The highest BCUT2D eigenvalue weighted by molar-refractivity contribution is 5.94. The first-order chi connectivity index (χ1) is 15.5. The van der Waals surface area contributed by atoms with Crippen molar-refractivity contribution in [2.75, 3.05) is 13.7 Å². The molecule has 2 N–H and O–H groups in total. The van der Waals surface area contributed by atoms with Crippen LogP contribution in [-0.2, 0) is 4.74 Å². The van der Waals surface area contributed by atoms with Crippen LogP contribution in [0.3, 0.4) is 0 Å². The molecule has 1 saturated carbocycles. The van der Waals surface area contributed by atoms with Crippen molar-refractivity contribution in [1.82, 2.24) is 20.1 Å². The van der Waals surface area contributed by atoms with Crippen LogP contribution in [0, 0.1) is 24.2 Å². The maximum Gasteiger partial charge on any atom is 0.280 e. The van der Waals surface area contributed by atoms with E-state index in [-0.39, 0.29) is 17.5 Å². The molecule has 1 amide bonds. The van der Waals surface area contributed by atoms with E-state index in [1.807, 2.05) is 6.92 Å². The van der Waals surface area contributed by atoms with Crippen molar-refractivity contribution in [3.05, 3.63) is 69.8 Å². The molecule has 0 bridgehead atoms. The number of carbonyl (C=O) groups is 1. The number of H-pyrrole nitrogens is 1. The Morgan fingerprint density at radius 3 is 2.84 bits per heavy atom. The van der Waals surface area contributed by atoms with Crippen LogP contribution < -0.4 is 10.9 Å². The van der Waals surface area contributed by atoms with E-state index in [4.69, 9.17) is 10.00 Å².